The van der Waals surface area contributed by atoms with Gasteiger partial charge in [-0.2, -0.15) is 0 Å². The summed E-state index contributed by atoms with van der Waals surface area (Å²) in [4.78, 5) is 0. The van der Waals surface area contributed by atoms with E-state index in [-0.39, 0.29) is 0 Å². The van der Waals surface area contributed by atoms with Crippen molar-refractivity contribution < 1.29 is 0 Å². The number of nitrogen functional groups attached to an aromatic ring is 1. The Morgan fingerprint density at radius 2 is 1.27 bits per heavy atom. The van der Waals surface area contributed by atoms with Crippen molar-refractivity contribution in [3.8, 4) is 0 Å². The van der Waals surface area contributed by atoms with Crippen molar-refractivity contribution in [2.45, 2.75) is 13.8 Å². The third kappa shape index (κ3) is 4.87. The first-order valence-corrected chi connectivity index (χ1v) is 5.02. The first-order chi connectivity index (χ1) is 7.18. The zero-order valence-electron chi connectivity index (χ0n) is 9.27. The molecule has 0 unspecified atom stereocenters. The zero-order valence-corrected chi connectivity index (χ0v) is 9.27. The van der Waals surface area contributed by atoms with Gasteiger partial charge in [0.1, 0.15) is 0 Å². The SMILES string of the molecule is Cc1cccc(C)c1.Nc1ccccc1. The van der Waals surface area contributed by atoms with Crippen LogP contribution in [-0.4, -0.2) is 0 Å². The largest absolute Gasteiger partial charge is 0.399 e. The van der Waals surface area contributed by atoms with Gasteiger partial charge in [0.25, 0.3) is 0 Å². The predicted octanol–water partition coefficient (Wildman–Crippen LogP) is 3.57. The monoisotopic (exact) mass is 199 g/mol. The molecular weight excluding hydrogens is 182 g/mol. The lowest BCUT2D eigenvalue weighted by Crippen LogP contribution is -1.79. The van der Waals surface area contributed by atoms with Crippen LogP contribution in [0.3, 0.4) is 0 Å². The molecule has 0 radical (unpaired) electrons. The van der Waals surface area contributed by atoms with Gasteiger partial charge in [-0.15, -0.1) is 0 Å². The number of aryl methyl sites for hydroxylation is 2. The molecule has 0 aliphatic heterocycles. The molecule has 0 saturated carbocycles. The summed E-state index contributed by atoms with van der Waals surface area (Å²) >= 11 is 0. The van der Waals surface area contributed by atoms with Gasteiger partial charge in [0.05, 0.1) is 0 Å². The number of benzene rings is 2. The van der Waals surface area contributed by atoms with Crippen molar-refractivity contribution in [1.29, 1.82) is 0 Å². The summed E-state index contributed by atoms with van der Waals surface area (Å²) in [7, 11) is 0. The molecule has 0 bridgehead atoms. The molecule has 0 aliphatic rings. The van der Waals surface area contributed by atoms with Crippen molar-refractivity contribution in [1.82, 2.24) is 0 Å². The first kappa shape index (κ1) is 11.3. The van der Waals surface area contributed by atoms with E-state index in [9.17, 15) is 0 Å². The third-order valence-corrected chi connectivity index (χ3v) is 1.97. The number of nitrogens with two attached hydrogens (primary N) is 1. The van der Waals surface area contributed by atoms with E-state index in [0.717, 1.165) is 5.69 Å². The van der Waals surface area contributed by atoms with E-state index in [1.807, 2.05) is 30.3 Å². The second-order valence-corrected chi connectivity index (χ2v) is 3.57. The molecule has 15 heavy (non-hydrogen) atoms. The third-order valence-electron chi connectivity index (χ3n) is 1.97. The molecule has 1 heteroatoms. The van der Waals surface area contributed by atoms with Crippen LogP contribution in [-0.2, 0) is 0 Å². The van der Waals surface area contributed by atoms with Crippen LogP contribution >= 0.6 is 0 Å². The average molecular weight is 199 g/mol. The molecule has 0 saturated heterocycles. The van der Waals surface area contributed by atoms with Gasteiger partial charge in [-0.25, -0.2) is 0 Å². The summed E-state index contributed by atoms with van der Waals surface area (Å²) in [5.41, 5.74) is 8.86. The molecule has 2 aromatic rings. The number of rotatable bonds is 0. The highest BCUT2D eigenvalue weighted by Gasteiger charge is 1.80. The van der Waals surface area contributed by atoms with E-state index in [0.29, 0.717) is 0 Å². The predicted molar refractivity (Wildman–Crippen MR) is 66.8 cm³/mol. The summed E-state index contributed by atoms with van der Waals surface area (Å²) in [6.07, 6.45) is 0. The second-order valence-electron chi connectivity index (χ2n) is 3.57. The van der Waals surface area contributed by atoms with Crippen LogP contribution in [0.25, 0.3) is 0 Å². The van der Waals surface area contributed by atoms with Crippen LogP contribution in [0.2, 0.25) is 0 Å². The lowest BCUT2D eigenvalue weighted by molar-refractivity contribution is 1.39. The lowest BCUT2D eigenvalue weighted by atomic mass is 10.2. The Morgan fingerprint density at radius 3 is 1.53 bits per heavy atom. The molecule has 0 aromatic heterocycles. The van der Waals surface area contributed by atoms with Gasteiger partial charge in [-0.05, 0) is 26.0 Å². The lowest BCUT2D eigenvalue weighted by Gasteiger charge is -1.90. The molecule has 0 amide bonds. The molecule has 0 atom stereocenters. The molecule has 2 rings (SSSR count). The van der Waals surface area contributed by atoms with Crippen molar-refractivity contribution >= 4 is 5.69 Å². The van der Waals surface area contributed by atoms with Crippen LogP contribution in [0.1, 0.15) is 11.1 Å². The second kappa shape index (κ2) is 5.86. The summed E-state index contributed by atoms with van der Waals surface area (Å²) in [6, 6.07) is 17.9. The van der Waals surface area contributed by atoms with E-state index < -0.39 is 0 Å². The Morgan fingerprint density at radius 1 is 0.733 bits per heavy atom. The van der Waals surface area contributed by atoms with Gasteiger partial charge in [0.2, 0.25) is 0 Å². The van der Waals surface area contributed by atoms with Gasteiger partial charge >= 0.3 is 0 Å². The van der Waals surface area contributed by atoms with Gasteiger partial charge in [-0.3, -0.25) is 0 Å². The minimum absolute atomic E-state index is 0.822. The molecule has 78 valence electrons. The summed E-state index contributed by atoms with van der Waals surface area (Å²) < 4.78 is 0. The maximum Gasteiger partial charge on any atom is 0.0313 e. The molecule has 2 aromatic carbocycles. The summed E-state index contributed by atoms with van der Waals surface area (Å²) in [5.74, 6) is 0. The molecule has 1 nitrogen and oxygen atoms in total. The summed E-state index contributed by atoms with van der Waals surface area (Å²) in [6.45, 7) is 4.21. The molecular formula is C14H17N. The van der Waals surface area contributed by atoms with Crippen LogP contribution in [0, 0.1) is 13.8 Å². The highest BCUT2D eigenvalue weighted by molar-refractivity contribution is 5.35. The quantitative estimate of drug-likeness (QED) is 0.645. The van der Waals surface area contributed by atoms with Crippen LogP contribution in [0.5, 0.6) is 0 Å². The van der Waals surface area contributed by atoms with E-state index in [2.05, 4.69) is 38.1 Å². The normalized spacial score (nSPS) is 8.93. The molecule has 0 heterocycles. The molecule has 0 spiro atoms. The minimum atomic E-state index is 0.822. The van der Waals surface area contributed by atoms with Gasteiger partial charge in [0, 0.05) is 5.69 Å². The standard InChI is InChI=1S/C8H10.C6H7N/c1-7-4-3-5-8(2)6-7;7-6-4-2-1-3-5-6/h3-6H,1-2H3;1-5H,7H2. The topological polar surface area (TPSA) is 26.0 Å². The Kier molecular flexibility index (Phi) is 4.42. The van der Waals surface area contributed by atoms with Crippen LogP contribution in [0.15, 0.2) is 54.6 Å². The maximum absolute atomic E-state index is 5.36. The zero-order chi connectivity index (χ0) is 11.1. The number of hydrogen-bond donors (Lipinski definition) is 1. The van der Waals surface area contributed by atoms with Crippen molar-refractivity contribution in [3.63, 3.8) is 0 Å². The minimum Gasteiger partial charge on any atom is -0.399 e. The Hall–Kier alpha value is -1.76. The first-order valence-electron chi connectivity index (χ1n) is 5.02. The molecule has 0 aliphatic carbocycles. The van der Waals surface area contributed by atoms with E-state index in [1.54, 1.807) is 0 Å². The van der Waals surface area contributed by atoms with Gasteiger partial charge in [-0.1, -0.05) is 53.6 Å². The van der Waals surface area contributed by atoms with Gasteiger partial charge < -0.3 is 5.73 Å². The molecule has 2 N–H and O–H groups in total. The number of para-hydroxylation sites is 1. The fourth-order valence-electron chi connectivity index (χ4n) is 1.26. The summed E-state index contributed by atoms with van der Waals surface area (Å²) in [5, 5.41) is 0. The highest BCUT2D eigenvalue weighted by Crippen LogP contribution is 2.00. The van der Waals surface area contributed by atoms with Crippen molar-refractivity contribution in [2.75, 3.05) is 5.73 Å². The smallest absolute Gasteiger partial charge is 0.0313 e. The fraction of sp³-hybridized carbons (Fsp3) is 0.143. The average Bonchev–Trinajstić information content (AvgIpc) is 2.19. The fourth-order valence-corrected chi connectivity index (χ4v) is 1.26. The Bertz CT molecular complexity index is 376. The maximum atomic E-state index is 5.36. The van der Waals surface area contributed by atoms with E-state index >= 15 is 0 Å². The van der Waals surface area contributed by atoms with Crippen molar-refractivity contribution in [3.05, 3.63) is 65.7 Å². The Balaban J connectivity index is 0.000000151. The van der Waals surface area contributed by atoms with E-state index in [4.69, 9.17) is 5.73 Å². The number of hydrogen-bond acceptors (Lipinski definition) is 1. The highest BCUT2D eigenvalue weighted by atomic mass is 14.5. The van der Waals surface area contributed by atoms with E-state index in [1.165, 1.54) is 11.1 Å². The number of anilines is 1. The van der Waals surface area contributed by atoms with Crippen molar-refractivity contribution in [2.24, 2.45) is 0 Å². The molecule has 0 fully saturated rings. The Labute approximate surface area is 91.6 Å². The van der Waals surface area contributed by atoms with Gasteiger partial charge in [0.15, 0.2) is 0 Å². The van der Waals surface area contributed by atoms with Crippen LogP contribution in [0.4, 0.5) is 5.69 Å². The van der Waals surface area contributed by atoms with Crippen LogP contribution < -0.4 is 5.73 Å².